The van der Waals surface area contributed by atoms with Crippen molar-refractivity contribution in [2.24, 2.45) is 11.0 Å². The molecule has 0 saturated carbocycles. The molecule has 0 radical (unpaired) electrons. The fourth-order valence-corrected chi connectivity index (χ4v) is 3.69. The monoisotopic (exact) mass is 397 g/mol. The Morgan fingerprint density at radius 3 is 2.39 bits per heavy atom. The van der Waals surface area contributed by atoms with Crippen molar-refractivity contribution in [3.05, 3.63) is 53.6 Å². The maximum absolute atomic E-state index is 13.3. The summed E-state index contributed by atoms with van der Waals surface area (Å²) in [6, 6.07) is 12.5. The number of ketones is 1. The van der Waals surface area contributed by atoms with Crippen molar-refractivity contribution in [3.8, 4) is 5.75 Å². The summed E-state index contributed by atoms with van der Waals surface area (Å²) in [5, 5.41) is 6.25. The molecule has 0 spiro atoms. The Labute approximate surface area is 166 Å². The van der Waals surface area contributed by atoms with Crippen molar-refractivity contribution in [3.63, 3.8) is 0 Å². The summed E-state index contributed by atoms with van der Waals surface area (Å²) >= 11 is 5.95. The van der Waals surface area contributed by atoms with Crippen LogP contribution in [0.5, 0.6) is 5.75 Å². The molecule has 7 nitrogen and oxygen atoms in total. The van der Waals surface area contributed by atoms with Gasteiger partial charge in [-0.05, 0) is 36.4 Å². The van der Waals surface area contributed by atoms with E-state index in [2.05, 4.69) is 5.10 Å². The van der Waals surface area contributed by atoms with E-state index in [-0.39, 0.29) is 11.5 Å². The number of Topliss-reactive ketones (excluding diaryl/α,β-unsaturated/α-hetero) is 1. The van der Waals surface area contributed by atoms with Gasteiger partial charge < -0.3 is 4.74 Å². The Bertz CT molecular complexity index is 1020. The van der Waals surface area contributed by atoms with Crippen molar-refractivity contribution in [2.75, 3.05) is 17.0 Å². The Balaban J connectivity index is 1.82. The molecular weight excluding hydrogens is 382 g/mol. The predicted molar refractivity (Wildman–Crippen MR) is 105 cm³/mol. The minimum atomic E-state index is -0.967. The van der Waals surface area contributed by atoms with E-state index in [9.17, 15) is 14.4 Å². The third-order valence-electron chi connectivity index (χ3n) is 4.83. The summed E-state index contributed by atoms with van der Waals surface area (Å²) in [6.07, 6.45) is 0. The predicted octanol–water partition coefficient (Wildman–Crippen LogP) is 2.67. The molecule has 2 unspecified atom stereocenters. The highest BCUT2D eigenvalue weighted by Crippen LogP contribution is 2.40. The van der Waals surface area contributed by atoms with Gasteiger partial charge >= 0.3 is 0 Å². The number of hydrazone groups is 1. The number of nitrogens with zero attached hydrogens (tertiary/aromatic N) is 3. The van der Waals surface area contributed by atoms with Crippen LogP contribution in [0.4, 0.5) is 11.4 Å². The summed E-state index contributed by atoms with van der Waals surface area (Å²) in [6.45, 7) is 1.34. The Morgan fingerprint density at radius 2 is 1.75 bits per heavy atom. The highest BCUT2D eigenvalue weighted by molar-refractivity contribution is 6.49. The second-order valence-electron chi connectivity index (χ2n) is 6.47. The zero-order valence-corrected chi connectivity index (χ0v) is 15.9. The standard InChI is InChI=1S/C20H16ClN3O4/c1-11(25)17-16-18(24(22-17)13-9-7-12(21)8-10-13)20(27)23(19(16)26)14-5-3-4-6-15(14)28-2/h3-10,16,18H,1-2H3. The lowest BCUT2D eigenvalue weighted by Gasteiger charge is -2.22. The molecule has 0 aliphatic carbocycles. The number of halogens is 1. The average Bonchev–Trinajstić information content (AvgIpc) is 3.20. The molecule has 28 heavy (non-hydrogen) atoms. The number of para-hydroxylation sites is 2. The van der Waals surface area contributed by atoms with Crippen LogP contribution in [0.15, 0.2) is 53.6 Å². The van der Waals surface area contributed by atoms with Crippen LogP contribution in [0.25, 0.3) is 0 Å². The van der Waals surface area contributed by atoms with Crippen LogP contribution in [0, 0.1) is 5.92 Å². The van der Waals surface area contributed by atoms with Gasteiger partial charge in [0.15, 0.2) is 5.78 Å². The van der Waals surface area contributed by atoms with Gasteiger partial charge in [-0.1, -0.05) is 23.7 Å². The number of methoxy groups -OCH3 is 1. The molecule has 142 valence electrons. The van der Waals surface area contributed by atoms with E-state index in [1.165, 1.54) is 19.0 Å². The van der Waals surface area contributed by atoms with E-state index < -0.39 is 23.8 Å². The van der Waals surface area contributed by atoms with Crippen LogP contribution in [-0.2, 0) is 14.4 Å². The van der Waals surface area contributed by atoms with Gasteiger partial charge in [0, 0.05) is 11.9 Å². The van der Waals surface area contributed by atoms with Crippen molar-refractivity contribution in [2.45, 2.75) is 13.0 Å². The highest BCUT2D eigenvalue weighted by Gasteiger charge is 2.58. The number of benzene rings is 2. The van der Waals surface area contributed by atoms with E-state index >= 15 is 0 Å². The van der Waals surface area contributed by atoms with Gasteiger partial charge in [-0.15, -0.1) is 0 Å². The quantitative estimate of drug-likeness (QED) is 0.741. The van der Waals surface area contributed by atoms with Crippen molar-refractivity contribution in [1.82, 2.24) is 0 Å². The second-order valence-corrected chi connectivity index (χ2v) is 6.91. The summed E-state index contributed by atoms with van der Waals surface area (Å²) in [4.78, 5) is 39.7. The van der Waals surface area contributed by atoms with E-state index in [0.29, 0.717) is 22.1 Å². The number of fused-ring (bicyclic) bond motifs is 1. The first-order valence-electron chi connectivity index (χ1n) is 8.59. The molecule has 0 N–H and O–H groups in total. The Morgan fingerprint density at radius 1 is 1.07 bits per heavy atom. The van der Waals surface area contributed by atoms with Crippen molar-refractivity contribution >= 4 is 46.3 Å². The number of imide groups is 1. The molecule has 0 aromatic heterocycles. The highest BCUT2D eigenvalue weighted by atomic mass is 35.5. The smallest absolute Gasteiger partial charge is 0.260 e. The van der Waals surface area contributed by atoms with Crippen molar-refractivity contribution in [1.29, 1.82) is 0 Å². The number of ether oxygens (including phenoxy) is 1. The molecule has 2 amide bonds. The van der Waals surface area contributed by atoms with Crippen LogP contribution in [-0.4, -0.2) is 36.5 Å². The Kier molecular flexibility index (Phi) is 4.39. The first-order valence-corrected chi connectivity index (χ1v) is 8.97. The minimum Gasteiger partial charge on any atom is -0.495 e. The zero-order valence-electron chi connectivity index (χ0n) is 15.1. The molecule has 2 heterocycles. The van der Waals surface area contributed by atoms with E-state index in [4.69, 9.17) is 16.3 Å². The fraction of sp³-hybridized carbons (Fsp3) is 0.200. The topological polar surface area (TPSA) is 79.3 Å². The number of rotatable bonds is 4. The summed E-state index contributed by atoms with van der Waals surface area (Å²) in [7, 11) is 1.47. The molecule has 2 aromatic rings. The maximum atomic E-state index is 13.3. The van der Waals surface area contributed by atoms with Gasteiger partial charge in [0.05, 0.1) is 18.5 Å². The van der Waals surface area contributed by atoms with Gasteiger partial charge in [0.25, 0.3) is 5.91 Å². The molecule has 2 aliphatic rings. The zero-order chi connectivity index (χ0) is 20.0. The SMILES string of the molecule is COc1ccccc1N1C(=O)C2C(C(C)=O)=NN(c3ccc(Cl)cc3)C2C1=O. The summed E-state index contributed by atoms with van der Waals surface area (Å²) < 4.78 is 5.30. The molecule has 2 atom stereocenters. The van der Waals surface area contributed by atoms with Gasteiger partial charge in [-0.2, -0.15) is 5.10 Å². The lowest BCUT2D eigenvalue weighted by molar-refractivity contribution is -0.122. The number of hydrogen-bond acceptors (Lipinski definition) is 6. The lowest BCUT2D eigenvalue weighted by Crippen LogP contribution is -2.39. The first kappa shape index (κ1) is 18.2. The molecule has 1 fully saturated rings. The normalized spacial score (nSPS) is 21.0. The largest absolute Gasteiger partial charge is 0.495 e. The van der Waals surface area contributed by atoms with Gasteiger partial charge in [-0.3, -0.25) is 19.4 Å². The number of carbonyl (C=O) groups is 3. The van der Waals surface area contributed by atoms with E-state index in [1.54, 1.807) is 48.5 Å². The van der Waals surface area contributed by atoms with E-state index in [0.717, 1.165) is 4.90 Å². The molecule has 0 bridgehead atoms. The fourth-order valence-electron chi connectivity index (χ4n) is 3.56. The number of carbonyl (C=O) groups excluding carboxylic acids is 3. The lowest BCUT2D eigenvalue weighted by atomic mass is 9.95. The number of hydrogen-bond donors (Lipinski definition) is 0. The van der Waals surface area contributed by atoms with Gasteiger partial charge in [0.1, 0.15) is 23.4 Å². The van der Waals surface area contributed by atoms with Crippen LogP contribution in [0.1, 0.15) is 6.92 Å². The average molecular weight is 398 g/mol. The van der Waals surface area contributed by atoms with Crippen LogP contribution in [0.2, 0.25) is 5.02 Å². The number of anilines is 2. The van der Waals surface area contributed by atoms with Gasteiger partial charge in [-0.25, -0.2) is 4.90 Å². The van der Waals surface area contributed by atoms with Crippen LogP contribution in [0.3, 0.4) is 0 Å². The van der Waals surface area contributed by atoms with Crippen LogP contribution < -0.4 is 14.6 Å². The number of amides is 2. The third kappa shape index (κ3) is 2.66. The second kappa shape index (κ2) is 6.76. The molecule has 2 aromatic carbocycles. The Hall–Kier alpha value is -3.19. The molecular formula is C20H16ClN3O4. The van der Waals surface area contributed by atoms with Gasteiger partial charge in [0.2, 0.25) is 5.91 Å². The minimum absolute atomic E-state index is 0.0655. The summed E-state index contributed by atoms with van der Waals surface area (Å²) in [5.41, 5.74) is 0.975. The van der Waals surface area contributed by atoms with Crippen molar-refractivity contribution < 1.29 is 19.1 Å². The third-order valence-corrected chi connectivity index (χ3v) is 5.08. The molecule has 1 saturated heterocycles. The summed E-state index contributed by atoms with van der Waals surface area (Å²) in [5.74, 6) is -1.89. The molecule has 4 rings (SSSR count). The maximum Gasteiger partial charge on any atom is 0.260 e. The molecule has 8 heteroatoms. The van der Waals surface area contributed by atoms with Crippen LogP contribution >= 0.6 is 11.6 Å². The molecule has 2 aliphatic heterocycles. The van der Waals surface area contributed by atoms with E-state index in [1.807, 2.05) is 0 Å². The first-order chi connectivity index (χ1) is 13.4.